The molecule has 0 bridgehead atoms. The highest BCUT2D eigenvalue weighted by Crippen LogP contribution is 2.15. The van der Waals surface area contributed by atoms with Crippen molar-refractivity contribution in [2.75, 3.05) is 0 Å². The van der Waals surface area contributed by atoms with Gasteiger partial charge in [0.15, 0.2) is 0 Å². The van der Waals surface area contributed by atoms with E-state index in [9.17, 15) is 9.90 Å². The van der Waals surface area contributed by atoms with Crippen LogP contribution in [0.2, 0.25) is 0 Å². The maximum absolute atomic E-state index is 10.5. The molecule has 0 aromatic rings. The molecule has 134 valence electrons. The minimum atomic E-state index is -3.05. The Hall–Kier alpha value is -1.17. The van der Waals surface area contributed by atoms with Gasteiger partial charge in [-0.05, 0) is 44.9 Å². The minimum Gasteiger partial charge on any atom is -0.477 e. The molecule has 5 heteroatoms. The summed E-state index contributed by atoms with van der Waals surface area (Å²) in [6.45, 7) is 2.13. The van der Waals surface area contributed by atoms with Gasteiger partial charge in [0, 0.05) is 0 Å². The van der Waals surface area contributed by atoms with E-state index in [1.807, 2.05) is 0 Å². The molecule has 5 nitrogen and oxygen atoms in total. The first-order valence-electron chi connectivity index (χ1n) is 8.59. The van der Waals surface area contributed by atoms with Gasteiger partial charge >= 0.3 is 5.97 Å². The second kappa shape index (κ2) is 13.3. The van der Waals surface area contributed by atoms with Gasteiger partial charge in [0.1, 0.15) is 6.10 Å². The lowest BCUT2D eigenvalue weighted by atomic mass is 10.0. The van der Waals surface area contributed by atoms with Crippen LogP contribution in [0.5, 0.6) is 0 Å². The highest BCUT2D eigenvalue weighted by Gasteiger charge is 2.41. The molecule has 0 aliphatic rings. The van der Waals surface area contributed by atoms with Crippen molar-refractivity contribution in [1.29, 1.82) is 0 Å². The normalized spacial score (nSPS) is 13.9. The third kappa shape index (κ3) is 11.1. The van der Waals surface area contributed by atoms with Gasteiger partial charge in [-0.25, -0.2) is 4.79 Å². The Bertz CT molecular complexity index is 360. The topological polar surface area (TPSA) is 98.0 Å². The average Bonchev–Trinajstić information content (AvgIpc) is 2.51. The van der Waals surface area contributed by atoms with Crippen LogP contribution in [-0.4, -0.2) is 38.3 Å². The number of aliphatic hydroxyl groups excluding tert-OH is 1. The molecule has 1 unspecified atom stereocenters. The van der Waals surface area contributed by atoms with Crippen molar-refractivity contribution < 1.29 is 25.2 Å². The molecule has 0 heterocycles. The predicted molar refractivity (Wildman–Crippen MR) is 90.9 cm³/mol. The van der Waals surface area contributed by atoms with Gasteiger partial charge in [0.25, 0.3) is 5.79 Å². The molecule has 0 spiro atoms. The molecule has 0 aliphatic carbocycles. The van der Waals surface area contributed by atoms with E-state index in [2.05, 4.69) is 31.2 Å². The third-order valence-electron chi connectivity index (χ3n) is 3.69. The summed E-state index contributed by atoms with van der Waals surface area (Å²) in [4.78, 5) is 10.5. The van der Waals surface area contributed by atoms with E-state index in [1.54, 1.807) is 0 Å². The summed E-state index contributed by atoms with van der Waals surface area (Å²) in [6.07, 6.45) is 16.2. The van der Waals surface area contributed by atoms with Crippen molar-refractivity contribution in [3.8, 4) is 0 Å². The molecular formula is C18H32O5. The lowest BCUT2D eigenvalue weighted by molar-refractivity contribution is -0.237. The predicted octanol–water partition coefficient (Wildman–Crippen LogP) is 3.15. The number of hydrogen-bond donors (Lipinski definition) is 4. The molecule has 0 aliphatic heterocycles. The average molecular weight is 328 g/mol. The van der Waals surface area contributed by atoms with Crippen molar-refractivity contribution >= 4 is 5.97 Å². The molecule has 0 amide bonds. The van der Waals surface area contributed by atoms with Crippen LogP contribution in [0.1, 0.15) is 71.1 Å². The SMILES string of the molecule is CC/C=C\CCC/C=C/CCCCCCC(O)C(O)(O)C(=O)O. The van der Waals surface area contributed by atoms with Gasteiger partial charge in [-0.15, -0.1) is 0 Å². The van der Waals surface area contributed by atoms with Gasteiger partial charge in [-0.2, -0.15) is 0 Å². The lowest BCUT2D eigenvalue weighted by Gasteiger charge is -2.22. The number of allylic oxidation sites excluding steroid dienone is 4. The number of carbonyl (C=O) groups is 1. The summed E-state index contributed by atoms with van der Waals surface area (Å²) < 4.78 is 0. The molecule has 0 saturated heterocycles. The molecular weight excluding hydrogens is 296 g/mol. The zero-order valence-electron chi connectivity index (χ0n) is 14.2. The second-order valence-corrected chi connectivity index (χ2v) is 5.82. The minimum absolute atomic E-state index is 0.0699. The zero-order chi connectivity index (χ0) is 17.6. The standard InChI is InChI=1S/C18H32O5/c1-2-3-4-5-6-7-8-9-10-11-12-13-14-15-16(19)18(22,23)17(20)21/h3-4,8-9,16,19,22-23H,2,5-7,10-15H2,1H3,(H,20,21)/b4-3-,9-8+. The Morgan fingerprint density at radius 2 is 1.43 bits per heavy atom. The smallest absolute Gasteiger partial charge is 0.366 e. The summed E-state index contributed by atoms with van der Waals surface area (Å²) in [5.74, 6) is -4.87. The summed E-state index contributed by atoms with van der Waals surface area (Å²) in [7, 11) is 0. The van der Waals surface area contributed by atoms with E-state index >= 15 is 0 Å². The summed E-state index contributed by atoms with van der Waals surface area (Å²) in [5, 5.41) is 36.3. The van der Waals surface area contributed by atoms with E-state index in [1.165, 1.54) is 6.42 Å². The first-order valence-corrected chi connectivity index (χ1v) is 8.59. The third-order valence-corrected chi connectivity index (χ3v) is 3.69. The van der Waals surface area contributed by atoms with Crippen LogP contribution in [-0.2, 0) is 4.79 Å². The van der Waals surface area contributed by atoms with E-state index in [4.69, 9.17) is 15.3 Å². The van der Waals surface area contributed by atoms with Crippen molar-refractivity contribution in [1.82, 2.24) is 0 Å². The molecule has 0 rings (SSSR count). The molecule has 0 aromatic heterocycles. The molecule has 1 atom stereocenters. The summed E-state index contributed by atoms with van der Waals surface area (Å²) >= 11 is 0. The highest BCUT2D eigenvalue weighted by molar-refractivity contribution is 5.75. The van der Waals surface area contributed by atoms with Crippen LogP contribution >= 0.6 is 0 Å². The highest BCUT2D eigenvalue weighted by atomic mass is 16.6. The van der Waals surface area contributed by atoms with Crippen molar-refractivity contribution in [2.24, 2.45) is 0 Å². The molecule has 0 saturated carbocycles. The number of hydrogen-bond acceptors (Lipinski definition) is 4. The fourth-order valence-electron chi connectivity index (χ4n) is 2.17. The number of carboxylic acid groups (broad SMARTS) is 1. The maximum Gasteiger partial charge on any atom is 0.366 e. The van der Waals surface area contributed by atoms with E-state index in [0.717, 1.165) is 44.9 Å². The number of unbranched alkanes of at least 4 members (excludes halogenated alkanes) is 6. The Morgan fingerprint density at radius 3 is 2.00 bits per heavy atom. The number of rotatable bonds is 14. The molecule has 4 N–H and O–H groups in total. The Labute approximate surface area is 139 Å². The molecule has 0 aromatic carbocycles. The van der Waals surface area contributed by atoms with Crippen LogP contribution < -0.4 is 0 Å². The zero-order valence-corrected chi connectivity index (χ0v) is 14.2. The molecule has 0 fully saturated rings. The monoisotopic (exact) mass is 328 g/mol. The van der Waals surface area contributed by atoms with Crippen molar-refractivity contribution in [2.45, 2.75) is 83.0 Å². The van der Waals surface area contributed by atoms with Crippen LogP contribution in [0.25, 0.3) is 0 Å². The first kappa shape index (κ1) is 21.8. The van der Waals surface area contributed by atoms with Crippen molar-refractivity contribution in [3.05, 3.63) is 24.3 Å². The number of aliphatic carboxylic acids is 1. The van der Waals surface area contributed by atoms with Gasteiger partial charge in [0.05, 0.1) is 0 Å². The first-order chi connectivity index (χ1) is 10.9. The van der Waals surface area contributed by atoms with E-state index < -0.39 is 17.9 Å². The van der Waals surface area contributed by atoms with E-state index in [0.29, 0.717) is 6.42 Å². The fourth-order valence-corrected chi connectivity index (χ4v) is 2.17. The second-order valence-electron chi connectivity index (χ2n) is 5.82. The Morgan fingerprint density at radius 1 is 0.913 bits per heavy atom. The lowest BCUT2D eigenvalue weighted by Crippen LogP contribution is -2.49. The summed E-state index contributed by atoms with van der Waals surface area (Å²) in [5.41, 5.74) is 0. The van der Waals surface area contributed by atoms with Crippen LogP contribution in [0.15, 0.2) is 24.3 Å². The summed E-state index contributed by atoms with van der Waals surface area (Å²) in [6, 6.07) is 0. The Kier molecular flexibility index (Phi) is 12.6. The number of aliphatic hydroxyl groups is 3. The van der Waals surface area contributed by atoms with Crippen LogP contribution in [0.4, 0.5) is 0 Å². The Balaban J connectivity index is 3.49. The van der Waals surface area contributed by atoms with Gasteiger partial charge < -0.3 is 20.4 Å². The molecule has 23 heavy (non-hydrogen) atoms. The van der Waals surface area contributed by atoms with Gasteiger partial charge in [0.2, 0.25) is 0 Å². The van der Waals surface area contributed by atoms with E-state index in [-0.39, 0.29) is 6.42 Å². The quantitative estimate of drug-likeness (QED) is 0.223. The maximum atomic E-state index is 10.5. The van der Waals surface area contributed by atoms with Crippen molar-refractivity contribution in [3.63, 3.8) is 0 Å². The largest absolute Gasteiger partial charge is 0.477 e. The fraction of sp³-hybridized carbons (Fsp3) is 0.722. The van der Waals surface area contributed by atoms with Crippen LogP contribution in [0, 0.1) is 0 Å². The van der Waals surface area contributed by atoms with Crippen LogP contribution in [0.3, 0.4) is 0 Å². The molecule has 0 radical (unpaired) electrons. The number of carboxylic acids is 1. The van der Waals surface area contributed by atoms with Gasteiger partial charge in [-0.1, -0.05) is 50.5 Å². The van der Waals surface area contributed by atoms with Gasteiger partial charge in [-0.3, -0.25) is 0 Å².